The number of benzene rings is 2. The zero-order chi connectivity index (χ0) is 27.6. The molecule has 0 radical (unpaired) electrons. The Balaban J connectivity index is 1.34. The number of pyridine rings is 1. The topological polar surface area (TPSA) is 82.4 Å². The van der Waals surface area contributed by atoms with Crippen molar-refractivity contribution in [3.8, 4) is 34.1 Å². The molecule has 0 spiro atoms. The molecule has 3 heterocycles. The Kier molecular flexibility index (Phi) is 7.37. The normalized spacial score (nSPS) is 14.3. The van der Waals surface area contributed by atoms with E-state index in [0.29, 0.717) is 19.0 Å². The second-order valence-electron chi connectivity index (χ2n) is 11.0. The number of hydrogen-bond acceptors (Lipinski definition) is 6. The first kappa shape index (κ1) is 26.4. The summed E-state index contributed by atoms with van der Waals surface area (Å²) in [6.45, 7) is 10.9. The van der Waals surface area contributed by atoms with E-state index >= 15 is 0 Å². The molecular weight excluding hydrogens is 490 g/mol. The minimum atomic E-state index is -0.509. The van der Waals surface area contributed by atoms with E-state index in [1.807, 2.05) is 80.9 Å². The minimum Gasteiger partial charge on any atom is -0.444 e. The van der Waals surface area contributed by atoms with E-state index in [4.69, 9.17) is 14.5 Å². The van der Waals surface area contributed by atoms with E-state index in [9.17, 15) is 4.79 Å². The van der Waals surface area contributed by atoms with Crippen molar-refractivity contribution in [2.24, 2.45) is 0 Å². The Morgan fingerprint density at radius 1 is 0.923 bits per heavy atom. The summed E-state index contributed by atoms with van der Waals surface area (Å²) in [6, 6.07) is 22.3. The lowest BCUT2D eigenvalue weighted by Crippen LogP contribution is -2.42. The van der Waals surface area contributed by atoms with Gasteiger partial charge in [-0.2, -0.15) is 0 Å². The van der Waals surface area contributed by atoms with Crippen LogP contribution in [-0.4, -0.2) is 49.7 Å². The number of ether oxygens (including phenoxy) is 2. The predicted octanol–water partition coefficient (Wildman–Crippen LogP) is 6.99. The fraction of sp³-hybridized carbons (Fsp3) is 0.355. The molecule has 202 valence electrons. The number of carbonyl (C=O) groups excluding carboxylic acids is 1. The van der Waals surface area contributed by atoms with Crippen molar-refractivity contribution in [3.05, 3.63) is 78.0 Å². The van der Waals surface area contributed by atoms with Crippen molar-refractivity contribution in [1.29, 1.82) is 0 Å². The van der Waals surface area contributed by atoms with Crippen molar-refractivity contribution in [2.45, 2.75) is 59.1 Å². The van der Waals surface area contributed by atoms with E-state index in [-0.39, 0.29) is 12.1 Å². The molecule has 5 rings (SSSR count). The molecule has 2 aromatic carbocycles. The molecule has 2 aromatic heterocycles. The molecule has 1 amide bonds. The summed E-state index contributed by atoms with van der Waals surface area (Å²) < 4.78 is 13.7. The molecule has 4 aromatic rings. The van der Waals surface area contributed by atoms with Gasteiger partial charge in [0.15, 0.2) is 0 Å². The van der Waals surface area contributed by atoms with Crippen molar-refractivity contribution < 1.29 is 14.3 Å². The SMILES string of the molecule is Cc1cc(Oc2cccc(-c3c(C)nnn3C3CCN(C(=O)OC(C)(C)C)CC3)n2)cc(-c2ccccc2)c1. The first-order valence-corrected chi connectivity index (χ1v) is 13.4. The lowest BCUT2D eigenvalue weighted by molar-refractivity contribution is 0.0185. The highest BCUT2D eigenvalue weighted by Crippen LogP contribution is 2.32. The largest absolute Gasteiger partial charge is 0.444 e. The van der Waals surface area contributed by atoms with Crippen molar-refractivity contribution in [1.82, 2.24) is 24.9 Å². The van der Waals surface area contributed by atoms with Crippen LogP contribution in [0.2, 0.25) is 0 Å². The summed E-state index contributed by atoms with van der Waals surface area (Å²) in [4.78, 5) is 19.1. The van der Waals surface area contributed by atoms with E-state index in [1.54, 1.807) is 4.90 Å². The number of hydrogen-bond donors (Lipinski definition) is 0. The number of carbonyl (C=O) groups is 1. The maximum atomic E-state index is 12.5. The average molecular weight is 526 g/mol. The highest BCUT2D eigenvalue weighted by Gasteiger charge is 2.30. The highest BCUT2D eigenvalue weighted by atomic mass is 16.6. The fourth-order valence-corrected chi connectivity index (χ4v) is 4.88. The van der Waals surface area contributed by atoms with Gasteiger partial charge in [-0.3, -0.25) is 0 Å². The molecule has 0 unspecified atom stereocenters. The van der Waals surface area contributed by atoms with Gasteiger partial charge >= 0.3 is 6.09 Å². The molecule has 1 saturated heterocycles. The highest BCUT2D eigenvalue weighted by molar-refractivity contribution is 5.68. The van der Waals surface area contributed by atoms with Gasteiger partial charge in [-0.1, -0.05) is 47.7 Å². The van der Waals surface area contributed by atoms with Crippen LogP contribution in [0.3, 0.4) is 0 Å². The van der Waals surface area contributed by atoms with Crippen LogP contribution < -0.4 is 4.74 Å². The Labute approximate surface area is 229 Å². The standard InChI is InChI=1S/C31H35N5O3/c1-21-18-24(23-10-7-6-8-11-23)20-26(19-21)38-28-13-9-12-27(32-28)29-22(2)33-34-36(29)25-14-16-35(17-15-25)30(37)39-31(3,4)5/h6-13,18-20,25H,14-17H2,1-5H3. The number of amides is 1. The average Bonchev–Trinajstić information content (AvgIpc) is 3.29. The van der Waals surface area contributed by atoms with Crippen molar-refractivity contribution in [2.75, 3.05) is 13.1 Å². The van der Waals surface area contributed by atoms with E-state index < -0.39 is 5.60 Å². The first-order valence-electron chi connectivity index (χ1n) is 13.4. The van der Waals surface area contributed by atoms with Gasteiger partial charge in [-0.05, 0) is 82.3 Å². The van der Waals surface area contributed by atoms with Gasteiger partial charge in [-0.15, -0.1) is 5.10 Å². The third kappa shape index (κ3) is 6.28. The maximum absolute atomic E-state index is 12.5. The second-order valence-corrected chi connectivity index (χ2v) is 11.0. The molecule has 1 fully saturated rings. The zero-order valence-corrected chi connectivity index (χ0v) is 23.2. The van der Waals surface area contributed by atoms with E-state index in [2.05, 4.69) is 35.4 Å². The van der Waals surface area contributed by atoms with Gasteiger partial charge in [0, 0.05) is 19.2 Å². The van der Waals surface area contributed by atoms with Gasteiger partial charge in [-0.25, -0.2) is 14.5 Å². The van der Waals surface area contributed by atoms with Crippen LogP contribution in [0.4, 0.5) is 4.79 Å². The second kappa shape index (κ2) is 10.9. The van der Waals surface area contributed by atoms with Gasteiger partial charge in [0.1, 0.15) is 17.0 Å². The van der Waals surface area contributed by atoms with Crippen LogP contribution in [0.5, 0.6) is 11.6 Å². The molecule has 1 aliphatic heterocycles. The van der Waals surface area contributed by atoms with Crippen LogP contribution in [0, 0.1) is 13.8 Å². The number of rotatable bonds is 5. The molecule has 0 N–H and O–H groups in total. The monoisotopic (exact) mass is 525 g/mol. The summed E-state index contributed by atoms with van der Waals surface area (Å²) in [7, 11) is 0. The smallest absolute Gasteiger partial charge is 0.410 e. The number of aromatic nitrogens is 4. The molecule has 1 aliphatic rings. The summed E-state index contributed by atoms with van der Waals surface area (Å²) in [6.07, 6.45) is 1.25. The zero-order valence-electron chi connectivity index (χ0n) is 23.2. The van der Waals surface area contributed by atoms with Crippen LogP contribution in [-0.2, 0) is 4.74 Å². The third-order valence-electron chi connectivity index (χ3n) is 6.67. The number of piperidine rings is 1. The minimum absolute atomic E-state index is 0.108. The lowest BCUT2D eigenvalue weighted by Gasteiger charge is -2.33. The molecule has 8 heteroatoms. The maximum Gasteiger partial charge on any atom is 0.410 e. The molecule has 0 aliphatic carbocycles. The Morgan fingerprint density at radius 2 is 1.67 bits per heavy atom. The number of likely N-dealkylation sites (tertiary alicyclic amines) is 1. The lowest BCUT2D eigenvalue weighted by atomic mass is 10.0. The molecule has 39 heavy (non-hydrogen) atoms. The molecule has 0 saturated carbocycles. The van der Waals surface area contributed by atoms with Gasteiger partial charge in [0.05, 0.1) is 17.4 Å². The Morgan fingerprint density at radius 3 is 2.38 bits per heavy atom. The molecule has 8 nitrogen and oxygen atoms in total. The fourth-order valence-electron chi connectivity index (χ4n) is 4.88. The predicted molar refractivity (Wildman–Crippen MR) is 151 cm³/mol. The molecule has 0 atom stereocenters. The van der Waals surface area contributed by atoms with E-state index in [0.717, 1.165) is 52.4 Å². The molecular formula is C31H35N5O3. The summed E-state index contributed by atoms with van der Waals surface area (Å²) in [5.74, 6) is 1.24. The summed E-state index contributed by atoms with van der Waals surface area (Å²) >= 11 is 0. The van der Waals surface area contributed by atoms with Crippen molar-refractivity contribution in [3.63, 3.8) is 0 Å². The quantitative estimate of drug-likeness (QED) is 0.279. The van der Waals surface area contributed by atoms with Gasteiger partial charge < -0.3 is 14.4 Å². The van der Waals surface area contributed by atoms with Crippen LogP contribution in [0.25, 0.3) is 22.5 Å². The van der Waals surface area contributed by atoms with Gasteiger partial charge in [0.25, 0.3) is 0 Å². The summed E-state index contributed by atoms with van der Waals surface area (Å²) in [5.41, 5.74) is 5.25. The Hall–Kier alpha value is -4.20. The third-order valence-corrected chi connectivity index (χ3v) is 6.67. The van der Waals surface area contributed by atoms with Crippen LogP contribution >= 0.6 is 0 Å². The van der Waals surface area contributed by atoms with Gasteiger partial charge in [0.2, 0.25) is 5.88 Å². The number of nitrogens with zero attached hydrogens (tertiary/aromatic N) is 5. The van der Waals surface area contributed by atoms with Crippen LogP contribution in [0.15, 0.2) is 66.7 Å². The number of aryl methyl sites for hydroxylation is 2. The van der Waals surface area contributed by atoms with Crippen molar-refractivity contribution >= 4 is 6.09 Å². The summed E-state index contributed by atoms with van der Waals surface area (Å²) in [5, 5.41) is 8.83. The van der Waals surface area contributed by atoms with Crippen LogP contribution in [0.1, 0.15) is 50.9 Å². The molecule has 0 bridgehead atoms. The first-order chi connectivity index (χ1) is 18.7. The van der Waals surface area contributed by atoms with E-state index in [1.165, 1.54) is 0 Å². The Bertz CT molecular complexity index is 1450.